The minimum Gasteiger partial charge on any atom is -0.320 e. The molecule has 1 heterocycles. The Labute approximate surface area is 126 Å². The second kappa shape index (κ2) is 5.13. The lowest BCUT2D eigenvalue weighted by atomic mass is 9.57. The molecule has 0 spiro atoms. The van der Waals surface area contributed by atoms with E-state index in [-0.39, 0.29) is 5.41 Å². The fraction of sp³-hybridized carbons (Fsp3) is 0.400. The van der Waals surface area contributed by atoms with Gasteiger partial charge in [-0.15, -0.1) is 10.2 Å². The van der Waals surface area contributed by atoms with E-state index in [1.165, 1.54) is 5.56 Å². The summed E-state index contributed by atoms with van der Waals surface area (Å²) in [6.07, 6.45) is 5.30. The van der Waals surface area contributed by atoms with Crippen molar-refractivity contribution >= 4 is 22.2 Å². The first-order chi connectivity index (χ1) is 9.65. The van der Waals surface area contributed by atoms with Crippen molar-refractivity contribution in [3.05, 3.63) is 46.5 Å². The van der Waals surface area contributed by atoms with Gasteiger partial charge in [-0.3, -0.25) is 0 Å². The molecule has 0 atom stereocenters. The van der Waals surface area contributed by atoms with Crippen LogP contribution in [0.5, 0.6) is 0 Å². The van der Waals surface area contributed by atoms with Gasteiger partial charge in [-0.25, -0.2) is 0 Å². The number of aryl methyl sites for hydroxylation is 1. The number of benzene rings is 1. The average molecular weight is 334 g/mol. The van der Waals surface area contributed by atoms with Crippen LogP contribution in [-0.2, 0) is 17.3 Å². The number of hydrogen-bond donors (Lipinski definition) is 0. The first-order valence-corrected chi connectivity index (χ1v) is 7.49. The summed E-state index contributed by atoms with van der Waals surface area (Å²) < 4.78 is 3.05. The molecule has 1 aliphatic rings. The van der Waals surface area contributed by atoms with E-state index in [2.05, 4.69) is 38.3 Å². The van der Waals surface area contributed by atoms with Gasteiger partial charge in [0.25, 0.3) is 0 Å². The zero-order valence-electron chi connectivity index (χ0n) is 11.3. The number of rotatable bonds is 4. The van der Waals surface area contributed by atoms with Crippen LogP contribution in [0.25, 0.3) is 0 Å². The molecule has 1 aliphatic carbocycles. The van der Waals surface area contributed by atoms with Crippen molar-refractivity contribution in [1.82, 2.24) is 14.8 Å². The fourth-order valence-electron chi connectivity index (χ4n) is 3.28. The van der Waals surface area contributed by atoms with Gasteiger partial charge in [-0.2, -0.15) is 0 Å². The standard InChI is InChI=1S/C15H16BrN3O/c1-19-10-17-18-14(19)15(8-11(9-15)5-6-20)12-3-2-4-13(16)7-12/h2-4,6-7,10-11H,5,8-9H2,1H3. The van der Waals surface area contributed by atoms with Crippen molar-refractivity contribution in [2.75, 3.05) is 0 Å². The third-order valence-corrected chi connectivity index (χ3v) is 4.71. The third kappa shape index (κ3) is 2.10. The lowest BCUT2D eigenvalue weighted by Crippen LogP contribution is -2.44. The molecule has 1 saturated carbocycles. The largest absolute Gasteiger partial charge is 0.320 e. The molecule has 4 nitrogen and oxygen atoms in total. The molecule has 3 rings (SSSR count). The van der Waals surface area contributed by atoms with Crippen LogP contribution in [0, 0.1) is 5.92 Å². The van der Waals surface area contributed by atoms with Gasteiger partial charge < -0.3 is 9.36 Å². The highest BCUT2D eigenvalue weighted by atomic mass is 79.9. The van der Waals surface area contributed by atoms with Gasteiger partial charge in [0.05, 0.1) is 5.41 Å². The van der Waals surface area contributed by atoms with E-state index < -0.39 is 0 Å². The number of carbonyl (C=O) groups excluding carboxylic acids is 1. The summed E-state index contributed by atoms with van der Waals surface area (Å²) in [5.74, 6) is 1.43. The first kappa shape index (κ1) is 13.5. The van der Waals surface area contributed by atoms with Crippen LogP contribution in [-0.4, -0.2) is 21.1 Å². The van der Waals surface area contributed by atoms with Gasteiger partial charge in [-0.05, 0) is 36.5 Å². The Kier molecular flexibility index (Phi) is 3.46. The van der Waals surface area contributed by atoms with E-state index in [0.29, 0.717) is 12.3 Å². The van der Waals surface area contributed by atoms with E-state index in [1.807, 2.05) is 23.7 Å². The predicted molar refractivity (Wildman–Crippen MR) is 79.3 cm³/mol. The summed E-state index contributed by atoms with van der Waals surface area (Å²) in [5, 5.41) is 8.34. The fourth-order valence-corrected chi connectivity index (χ4v) is 3.68. The molecular weight excluding hydrogens is 318 g/mol. The molecule has 0 aliphatic heterocycles. The smallest absolute Gasteiger partial charge is 0.143 e. The maximum Gasteiger partial charge on any atom is 0.143 e. The van der Waals surface area contributed by atoms with Crippen molar-refractivity contribution in [2.24, 2.45) is 13.0 Å². The second-order valence-corrected chi connectivity index (χ2v) is 6.45. The molecule has 5 heteroatoms. The topological polar surface area (TPSA) is 47.8 Å². The van der Waals surface area contributed by atoms with Gasteiger partial charge in [0.2, 0.25) is 0 Å². The van der Waals surface area contributed by atoms with Crippen molar-refractivity contribution in [2.45, 2.75) is 24.7 Å². The molecule has 104 valence electrons. The van der Waals surface area contributed by atoms with Crippen LogP contribution in [0.15, 0.2) is 35.1 Å². The summed E-state index contributed by atoms with van der Waals surface area (Å²) in [5.41, 5.74) is 1.13. The monoisotopic (exact) mass is 333 g/mol. The summed E-state index contributed by atoms with van der Waals surface area (Å²) in [7, 11) is 1.97. The summed E-state index contributed by atoms with van der Waals surface area (Å²) in [4.78, 5) is 10.7. The number of halogens is 1. The molecular formula is C15H16BrN3O. The highest BCUT2D eigenvalue weighted by Gasteiger charge is 2.49. The van der Waals surface area contributed by atoms with E-state index in [4.69, 9.17) is 0 Å². The van der Waals surface area contributed by atoms with Crippen LogP contribution in [0.4, 0.5) is 0 Å². The maximum atomic E-state index is 10.7. The first-order valence-electron chi connectivity index (χ1n) is 6.70. The molecule has 0 bridgehead atoms. The highest BCUT2D eigenvalue weighted by Crippen LogP contribution is 2.52. The Morgan fingerprint density at radius 1 is 1.50 bits per heavy atom. The van der Waals surface area contributed by atoms with Crippen molar-refractivity contribution < 1.29 is 4.79 Å². The minimum absolute atomic E-state index is 0.108. The van der Waals surface area contributed by atoms with Crippen molar-refractivity contribution in [3.63, 3.8) is 0 Å². The van der Waals surface area contributed by atoms with E-state index in [9.17, 15) is 4.79 Å². The van der Waals surface area contributed by atoms with Crippen LogP contribution in [0.3, 0.4) is 0 Å². The van der Waals surface area contributed by atoms with Crippen LogP contribution < -0.4 is 0 Å². The average Bonchev–Trinajstić information content (AvgIpc) is 2.80. The number of aldehydes is 1. The molecule has 0 radical (unpaired) electrons. The van der Waals surface area contributed by atoms with Crippen molar-refractivity contribution in [1.29, 1.82) is 0 Å². The Morgan fingerprint density at radius 3 is 2.90 bits per heavy atom. The molecule has 20 heavy (non-hydrogen) atoms. The molecule has 1 aromatic carbocycles. The number of aromatic nitrogens is 3. The molecule has 1 fully saturated rings. The summed E-state index contributed by atoms with van der Waals surface area (Å²) >= 11 is 3.54. The van der Waals surface area contributed by atoms with Gasteiger partial charge >= 0.3 is 0 Å². The summed E-state index contributed by atoms with van der Waals surface area (Å²) in [6, 6.07) is 8.35. The maximum absolute atomic E-state index is 10.7. The lowest BCUT2D eigenvalue weighted by Gasteiger charge is -2.47. The normalized spacial score (nSPS) is 25.2. The Morgan fingerprint density at radius 2 is 2.30 bits per heavy atom. The lowest BCUT2D eigenvalue weighted by molar-refractivity contribution is -0.109. The molecule has 2 aromatic rings. The zero-order valence-corrected chi connectivity index (χ0v) is 12.9. The Balaban J connectivity index is 2.02. The molecule has 0 saturated heterocycles. The zero-order chi connectivity index (χ0) is 14.2. The number of nitrogens with zero attached hydrogens (tertiary/aromatic N) is 3. The van der Waals surface area contributed by atoms with E-state index in [0.717, 1.165) is 29.4 Å². The second-order valence-electron chi connectivity index (χ2n) is 5.53. The highest BCUT2D eigenvalue weighted by molar-refractivity contribution is 9.10. The minimum atomic E-state index is -0.108. The number of hydrogen-bond acceptors (Lipinski definition) is 3. The predicted octanol–water partition coefficient (Wildman–Crippen LogP) is 2.86. The van der Waals surface area contributed by atoms with E-state index in [1.54, 1.807) is 6.33 Å². The Hall–Kier alpha value is -1.49. The number of carbonyl (C=O) groups is 1. The van der Waals surface area contributed by atoms with E-state index >= 15 is 0 Å². The van der Waals surface area contributed by atoms with Crippen LogP contribution in [0.1, 0.15) is 30.7 Å². The quantitative estimate of drug-likeness (QED) is 0.808. The molecule has 1 aromatic heterocycles. The molecule has 0 amide bonds. The Bertz CT molecular complexity index is 632. The SMILES string of the molecule is Cn1cnnc1C1(c2cccc(Br)c2)CC(CC=O)C1. The van der Waals surface area contributed by atoms with Crippen molar-refractivity contribution in [3.8, 4) is 0 Å². The molecule has 0 N–H and O–H groups in total. The van der Waals surface area contributed by atoms with Crippen LogP contribution in [0.2, 0.25) is 0 Å². The molecule has 0 unspecified atom stereocenters. The van der Waals surface area contributed by atoms with Gasteiger partial charge in [0, 0.05) is 17.9 Å². The third-order valence-electron chi connectivity index (χ3n) is 4.22. The van der Waals surface area contributed by atoms with Gasteiger partial charge in [0.1, 0.15) is 18.4 Å². The van der Waals surface area contributed by atoms with Gasteiger partial charge in [0.15, 0.2) is 0 Å². The summed E-state index contributed by atoms with van der Waals surface area (Å²) in [6.45, 7) is 0. The van der Waals surface area contributed by atoms with Crippen LogP contribution >= 0.6 is 15.9 Å². The van der Waals surface area contributed by atoms with Gasteiger partial charge in [-0.1, -0.05) is 28.1 Å².